The van der Waals surface area contributed by atoms with Gasteiger partial charge in [0.2, 0.25) is 0 Å². The highest BCUT2D eigenvalue weighted by atomic mass is 35.5. The average molecular weight is 492 g/mol. The van der Waals surface area contributed by atoms with E-state index in [9.17, 15) is 14.4 Å². The van der Waals surface area contributed by atoms with Gasteiger partial charge in [-0.15, -0.1) is 0 Å². The fourth-order valence-electron chi connectivity index (χ4n) is 4.54. The lowest BCUT2D eigenvalue weighted by Crippen LogP contribution is -2.58. The smallest absolute Gasteiger partial charge is 0.338 e. The molecule has 2 N–H and O–H groups in total. The first kappa shape index (κ1) is 25.8. The molecule has 1 aromatic rings. The van der Waals surface area contributed by atoms with Crippen LogP contribution >= 0.6 is 11.6 Å². The van der Waals surface area contributed by atoms with E-state index in [1.165, 1.54) is 0 Å². The van der Waals surface area contributed by atoms with Crippen molar-refractivity contribution in [2.24, 2.45) is 0 Å². The molecule has 2 atom stereocenters. The van der Waals surface area contributed by atoms with Crippen LogP contribution < -0.4 is 10.6 Å². The standard InChI is InChI=1S/C24H34ClN5O4/c1-5-26-23(32)30-12-11-28(14-16(30)4)15-19-20(22(31)34-7-3)21(27-24(33)29(19)6-2)17-9-8-10-18(25)13-17/h8-10,13,16,21H,5-7,11-12,14-15H2,1-4H3,(H,26,32)(H,27,33)/t16-,21+/m0/s1. The van der Waals surface area contributed by atoms with Crippen molar-refractivity contribution in [3.05, 3.63) is 46.1 Å². The molecule has 1 saturated heterocycles. The first-order valence-electron chi connectivity index (χ1n) is 11.8. The van der Waals surface area contributed by atoms with Crippen molar-refractivity contribution in [1.29, 1.82) is 0 Å². The van der Waals surface area contributed by atoms with Crippen molar-refractivity contribution >= 4 is 29.6 Å². The number of ether oxygens (including phenoxy) is 1. The zero-order chi connectivity index (χ0) is 24.8. The summed E-state index contributed by atoms with van der Waals surface area (Å²) in [6, 6.07) is 6.10. The van der Waals surface area contributed by atoms with Crippen molar-refractivity contribution in [2.75, 3.05) is 45.9 Å². The average Bonchev–Trinajstić information content (AvgIpc) is 2.79. The number of urea groups is 2. The van der Waals surface area contributed by atoms with Gasteiger partial charge in [-0.05, 0) is 45.4 Å². The Morgan fingerprint density at radius 3 is 2.62 bits per heavy atom. The molecule has 10 heteroatoms. The third-order valence-electron chi connectivity index (χ3n) is 6.11. The molecule has 0 aromatic heterocycles. The summed E-state index contributed by atoms with van der Waals surface area (Å²) in [4.78, 5) is 44.2. The van der Waals surface area contributed by atoms with Crippen LogP contribution in [0.15, 0.2) is 35.5 Å². The number of carbonyl (C=O) groups excluding carboxylic acids is 3. The van der Waals surface area contributed by atoms with E-state index in [0.29, 0.717) is 61.1 Å². The number of hydrogen-bond acceptors (Lipinski definition) is 5. The maximum Gasteiger partial charge on any atom is 0.338 e. The molecule has 0 unspecified atom stereocenters. The molecule has 1 aromatic carbocycles. The lowest BCUT2D eigenvalue weighted by molar-refractivity contribution is -0.139. The molecule has 4 amide bonds. The Morgan fingerprint density at radius 1 is 1.24 bits per heavy atom. The highest BCUT2D eigenvalue weighted by Gasteiger charge is 2.39. The summed E-state index contributed by atoms with van der Waals surface area (Å²) in [7, 11) is 0. The summed E-state index contributed by atoms with van der Waals surface area (Å²) < 4.78 is 5.42. The minimum Gasteiger partial charge on any atom is -0.463 e. The van der Waals surface area contributed by atoms with Gasteiger partial charge >= 0.3 is 18.0 Å². The quantitative estimate of drug-likeness (QED) is 0.572. The number of rotatable bonds is 7. The van der Waals surface area contributed by atoms with Gasteiger partial charge in [-0.3, -0.25) is 9.80 Å². The summed E-state index contributed by atoms with van der Waals surface area (Å²) in [5.41, 5.74) is 1.74. The first-order chi connectivity index (χ1) is 16.3. The Labute approximate surface area is 206 Å². The number of nitrogens with zero attached hydrogens (tertiary/aromatic N) is 3. The van der Waals surface area contributed by atoms with E-state index in [1.54, 1.807) is 30.0 Å². The molecule has 1 fully saturated rings. The molecule has 0 bridgehead atoms. The van der Waals surface area contributed by atoms with E-state index in [0.717, 1.165) is 0 Å². The molecular weight excluding hydrogens is 458 g/mol. The lowest BCUT2D eigenvalue weighted by atomic mass is 9.94. The minimum absolute atomic E-state index is 0.0110. The Hall–Kier alpha value is -2.78. The van der Waals surface area contributed by atoms with Crippen molar-refractivity contribution in [3.8, 4) is 0 Å². The highest BCUT2D eigenvalue weighted by Crippen LogP contribution is 2.33. The molecule has 3 rings (SSSR count). The van der Waals surface area contributed by atoms with Gasteiger partial charge in [0, 0.05) is 56.0 Å². The molecular formula is C24H34ClN5O4. The molecule has 0 radical (unpaired) electrons. The normalized spacial score (nSPS) is 21.4. The number of amides is 4. The summed E-state index contributed by atoms with van der Waals surface area (Å²) in [5.74, 6) is -0.463. The number of halogens is 1. The van der Waals surface area contributed by atoms with Crippen LogP contribution in [0, 0.1) is 0 Å². The molecule has 2 heterocycles. The molecule has 2 aliphatic heterocycles. The Balaban J connectivity index is 1.96. The fraction of sp³-hybridized carbons (Fsp3) is 0.542. The molecule has 0 spiro atoms. The predicted octanol–water partition coefficient (Wildman–Crippen LogP) is 2.98. The van der Waals surface area contributed by atoms with Crippen molar-refractivity contribution in [2.45, 2.75) is 39.8 Å². The van der Waals surface area contributed by atoms with Crippen LogP contribution in [0.4, 0.5) is 9.59 Å². The largest absolute Gasteiger partial charge is 0.463 e. The Morgan fingerprint density at radius 2 is 2.00 bits per heavy atom. The Kier molecular flexibility index (Phi) is 8.79. The predicted molar refractivity (Wildman–Crippen MR) is 130 cm³/mol. The molecule has 2 aliphatic rings. The lowest BCUT2D eigenvalue weighted by Gasteiger charge is -2.42. The number of hydrogen-bond donors (Lipinski definition) is 2. The molecule has 0 aliphatic carbocycles. The van der Waals surface area contributed by atoms with Gasteiger partial charge in [-0.2, -0.15) is 0 Å². The molecule has 9 nitrogen and oxygen atoms in total. The summed E-state index contributed by atoms with van der Waals surface area (Å²) >= 11 is 6.21. The monoisotopic (exact) mass is 491 g/mol. The fourth-order valence-corrected chi connectivity index (χ4v) is 4.74. The number of likely N-dealkylation sites (N-methyl/N-ethyl adjacent to an activating group) is 1. The number of benzene rings is 1. The van der Waals surface area contributed by atoms with Gasteiger partial charge in [-0.25, -0.2) is 14.4 Å². The van der Waals surface area contributed by atoms with E-state index < -0.39 is 12.0 Å². The molecule has 186 valence electrons. The summed E-state index contributed by atoms with van der Waals surface area (Å²) in [5, 5.41) is 6.32. The number of nitrogens with one attached hydrogen (secondary N) is 2. The zero-order valence-corrected chi connectivity index (χ0v) is 21.0. The van der Waals surface area contributed by atoms with E-state index in [1.807, 2.05) is 31.7 Å². The van der Waals surface area contributed by atoms with Crippen LogP contribution in [-0.4, -0.2) is 84.6 Å². The van der Waals surface area contributed by atoms with Gasteiger partial charge in [0.25, 0.3) is 0 Å². The van der Waals surface area contributed by atoms with Gasteiger partial charge < -0.3 is 20.3 Å². The van der Waals surface area contributed by atoms with E-state index in [4.69, 9.17) is 16.3 Å². The third kappa shape index (κ3) is 5.64. The maximum atomic E-state index is 13.2. The number of esters is 1. The first-order valence-corrected chi connectivity index (χ1v) is 12.2. The van der Waals surface area contributed by atoms with Gasteiger partial charge in [-0.1, -0.05) is 23.7 Å². The van der Waals surface area contributed by atoms with Crippen LogP contribution in [0.3, 0.4) is 0 Å². The van der Waals surface area contributed by atoms with E-state index in [2.05, 4.69) is 15.5 Å². The molecule has 34 heavy (non-hydrogen) atoms. The third-order valence-corrected chi connectivity index (χ3v) is 6.34. The van der Waals surface area contributed by atoms with E-state index >= 15 is 0 Å². The van der Waals surface area contributed by atoms with Crippen LogP contribution in [0.2, 0.25) is 5.02 Å². The van der Waals surface area contributed by atoms with Crippen LogP contribution in [0.1, 0.15) is 39.3 Å². The number of carbonyl (C=O) groups is 3. The van der Waals surface area contributed by atoms with Crippen LogP contribution in [-0.2, 0) is 9.53 Å². The second-order valence-electron chi connectivity index (χ2n) is 8.38. The Bertz CT molecular complexity index is 953. The second kappa shape index (κ2) is 11.6. The SMILES string of the molecule is CCNC(=O)N1CCN(CC2=C(C(=O)OCC)[C@@H](c3cccc(Cl)c3)NC(=O)N2CC)C[C@@H]1C. The van der Waals surface area contributed by atoms with Crippen molar-refractivity contribution in [3.63, 3.8) is 0 Å². The van der Waals surface area contributed by atoms with Gasteiger partial charge in [0.1, 0.15) is 0 Å². The van der Waals surface area contributed by atoms with E-state index in [-0.39, 0.29) is 24.7 Å². The second-order valence-corrected chi connectivity index (χ2v) is 8.81. The summed E-state index contributed by atoms with van der Waals surface area (Å²) in [6.07, 6.45) is 0. The topological polar surface area (TPSA) is 94.2 Å². The summed E-state index contributed by atoms with van der Waals surface area (Å²) in [6.45, 7) is 10.9. The van der Waals surface area contributed by atoms with Crippen molar-refractivity contribution in [1.82, 2.24) is 25.3 Å². The molecule has 0 saturated carbocycles. The maximum absolute atomic E-state index is 13.2. The highest BCUT2D eigenvalue weighted by molar-refractivity contribution is 6.30. The minimum atomic E-state index is -0.669. The van der Waals surface area contributed by atoms with Crippen molar-refractivity contribution < 1.29 is 19.1 Å². The van der Waals surface area contributed by atoms with Crippen LogP contribution in [0.25, 0.3) is 0 Å². The van der Waals surface area contributed by atoms with Crippen LogP contribution in [0.5, 0.6) is 0 Å². The van der Waals surface area contributed by atoms with Gasteiger partial charge in [0.05, 0.1) is 18.2 Å². The zero-order valence-electron chi connectivity index (χ0n) is 20.3. The van der Waals surface area contributed by atoms with Gasteiger partial charge in [0.15, 0.2) is 0 Å². The number of piperazine rings is 1.